The molecule has 1 saturated heterocycles. The lowest BCUT2D eigenvalue weighted by atomic mass is 9.97. The molecule has 0 unspecified atom stereocenters. The van der Waals surface area contributed by atoms with Crippen molar-refractivity contribution in [2.45, 2.75) is 19.8 Å². The van der Waals surface area contributed by atoms with Gasteiger partial charge in [-0.25, -0.2) is 0 Å². The summed E-state index contributed by atoms with van der Waals surface area (Å²) in [5.41, 5.74) is 0.333. The number of carbonyl (C=O) groups excluding carboxylic acids is 2. The molecule has 2 N–H and O–H groups in total. The van der Waals surface area contributed by atoms with E-state index < -0.39 is 0 Å². The van der Waals surface area contributed by atoms with E-state index in [2.05, 4.69) is 22.5 Å². The lowest BCUT2D eigenvalue weighted by molar-refractivity contribution is -0.131. The van der Waals surface area contributed by atoms with Crippen molar-refractivity contribution in [2.24, 2.45) is 5.92 Å². The zero-order valence-electron chi connectivity index (χ0n) is 13.0. The van der Waals surface area contributed by atoms with Crippen LogP contribution in [0.5, 0.6) is 0 Å². The Kier molecular flexibility index (Phi) is 6.33. The van der Waals surface area contributed by atoms with Gasteiger partial charge in [-0.1, -0.05) is 13.0 Å². The zero-order chi connectivity index (χ0) is 15.8. The fourth-order valence-electron chi connectivity index (χ4n) is 2.59. The van der Waals surface area contributed by atoms with Crippen LogP contribution in [0.1, 0.15) is 30.3 Å². The van der Waals surface area contributed by atoms with Crippen molar-refractivity contribution in [1.29, 1.82) is 0 Å². The highest BCUT2D eigenvalue weighted by molar-refractivity contribution is 5.94. The minimum absolute atomic E-state index is 0.0221. The summed E-state index contributed by atoms with van der Waals surface area (Å²) in [6.45, 7) is 5.69. The quantitative estimate of drug-likeness (QED) is 0.810. The lowest BCUT2D eigenvalue weighted by Gasteiger charge is -2.32. The monoisotopic (exact) mass is 304 g/mol. The molecule has 1 aromatic rings. The van der Waals surface area contributed by atoms with Gasteiger partial charge in [-0.3, -0.25) is 14.6 Å². The van der Waals surface area contributed by atoms with E-state index in [1.807, 2.05) is 4.90 Å². The van der Waals surface area contributed by atoms with Crippen LogP contribution in [0.25, 0.3) is 0 Å². The van der Waals surface area contributed by atoms with Gasteiger partial charge in [0.15, 0.2) is 0 Å². The molecule has 1 fully saturated rings. The van der Waals surface area contributed by atoms with Gasteiger partial charge >= 0.3 is 0 Å². The first-order valence-electron chi connectivity index (χ1n) is 7.88. The number of hydrogen-bond donors (Lipinski definition) is 2. The summed E-state index contributed by atoms with van der Waals surface area (Å²) < 4.78 is 0. The van der Waals surface area contributed by atoms with Crippen molar-refractivity contribution >= 4 is 11.8 Å². The summed E-state index contributed by atoms with van der Waals surface area (Å²) >= 11 is 0. The fraction of sp³-hybridized carbons (Fsp3) is 0.562. The second-order valence-corrected chi connectivity index (χ2v) is 5.53. The number of nitrogens with zero attached hydrogens (tertiary/aromatic N) is 2. The molecule has 0 saturated carbocycles. The smallest absolute Gasteiger partial charge is 0.270 e. The van der Waals surface area contributed by atoms with Gasteiger partial charge in [0.2, 0.25) is 5.91 Å². The Morgan fingerprint density at radius 2 is 2.09 bits per heavy atom. The summed E-state index contributed by atoms with van der Waals surface area (Å²) in [5.74, 6) is 0.314. The summed E-state index contributed by atoms with van der Waals surface area (Å²) in [6, 6.07) is 5.13. The molecule has 1 aliphatic heterocycles. The number of likely N-dealkylation sites (tertiary alicyclic amines) is 1. The van der Waals surface area contributed by atoms with Gasteiger partial charge in [-0.2, -0.15) is 0 Å². The molecule has 22 heavy (non-hydrogen) atoms. The Morgan fingerprint density at radius 3 is 2.73 bits per heavy atom. The summed E-state index contributed by atoms with van der Waals surface area (Å²) in [5, 5.41) is 5.99. The predicted octanol–water partition coefficient (Wildman–Crippen LogP) is 0.660. The van der Waals surface area contributed by atoms with Crippen molar-refractivity contribution < 1.29 is 9.59 Å². The SMILES string of the molecule is CCNCC1CCN(C(=O)CNC(=O)c2ccccn2)CC1. The van der Waals surface area contributed by atoms with E-state index in [1.54, 1.807) is 24.4 Å². The first kappa shape index (κ1) is 16.4. The summed E-state index contributed by atoms with van der Waals surface area (Å²) in [4.78, 5) is 29.8. The van der Waals surface area contributed by atoms with Crippen molar-refractivity contribution in [1.82, 2.24) is 20.5 Å². The Hall–Kier alpha value is -1.95. The average molecular weight is 304 g/mol. The van der Waals surface area contributed by atoms with Gasteiger partial charge < -0.3 is 15.5 Å². The third kappa shape index (κ3) is 4.80. The third-order valence-corrected chi connectivity index (χ3v) is 3.95. The van der Waals surface area contributed by atoms with Crippen molar-refractivity contribution in [3.8, 4) is 0 Å². The third-order valence-electron chi connectivity index (χ3n) is 3.95. The lowest BCUT2D eigenvalue weighted by Crippen LogP contribution is -2.45. The summed E-state index contributed by atoms with van der Waals surface area (Å²) in [7, 11) is 0. The molecule has 2 amide bonds. The van der Waals surface area contributed by atoms with Crippen LogP contribution in [0.3, 0.4) is 0 Å². The molecule has 0 bridgehead atoms. The number of rotatable bonds is 6. The number of pyridine rings is 1. The molecule has 1 aromatic heterocycles. The highest BCUT2D eigenvalue weighted by atomic mass is 16.2. The predicted molar refractivity (Wildman–Crippen MR) is 84.4 cm³/mol. The van der Waals surface area contributed by atoms with E-state index in [4.69, 9.17) is 0 Å². The number of carbonyl (C=O) groups is 2. The van der Waals surface area contributed by atoms with Crippen LogP contribution >= 0.6 is 0 Å². The van der Waals surface area contributed by atoms with Gasteiger partial charge in [0.1, 0.15) is 5.69 Å². The molecule has 6 nitrogen and oxygen atoms in total. The molecule has 0 spiro atoms. The fourth-order valence-corrected chi connectivity index (χ4v) is 2.59. The van der Waals surface area contributed by atoms with Crippen LogP contribution in [0.2, 0.25) is 0 Å². The van der Waals surface area contributed by atoms with Crippen LogP contribution in [-0.2, 0) is 4.79 Å². The maximum atomic E-state index is 12.1. The molecule has 0 aliphatic carbocycles. The molecule has 1 aliphatic rings. The first-order chi connectivity index (χ1) is 10.7. The van der Waals surface area contributed by atoms with E-state index in [0.29, 0.717) is 11.6 Å². The number of hydrogen-bond acceptors (Lipinski definition) is 4. The molecule has 0 atom stereocenters. The van der Waals surface area contributed by atoms with Crippen molar-refractivity contribution in [3.05, 3.63) is 30.1 Å². The Labute approximate surface area is 131 Å². The number of piperidine rings is 1. The summed E-state index contributed by atoms with van der Waals surface area (Å²) in [6.07, 6.45) is 3.60. The minimum Gasteiger partial charge on any atom is -0.342 e. The van der Waals surface area contributed by atoms with Crippen LogP contribution in [-0.4, -0.2) is 54.4 Å². The molecular weight excluding hydrogens is 280 g/mol. The van der Waals surface area contributed by atoms with Crippen LogP contribution < -0.4 is 10.6 Å². The topological polar surface area (TPSA) is 74.3 Å². The first-order valence-corrected chi connectivity index (χ1v) is 7.88. The van der Waals surface area contributed by atoms with E-state index in [1.165, 1.54) is 0 Å². The van der Waals surface area contributed by atoms with Gasteiger partial charge in [-0.05, 0) is 44.0 Å². The van der Waals surface area contributed by atoms with Gasteiger partial charge in [-0.15, -0.1) is 0 Å². The van der Waals surface area contributed by atoms with Crippen molar-refractivity contribution in [3.63, 3.8) is 0 Å². The standard InChI is InChI=1S/C16H24N4O2/c1-2-17-11-13-6-9-20(10-7-13)15(21)12-19-16(22)14-5-3-4-8-18-14/h3-5,8,13,17H,2,6-7,9-12H2,1H3,(H,19,22). The second-order valence-electron chi connectivity index (χ2n) is 5.53. The van der Waals surface area contributed by atoms with E-state index in [9.17, 15) is 9.59 Å². The molecule has 2 heterocycles. The van der Waals surface area contributed by atoms with Gasteiger partial charge in [0.25, 0.3) is 5.91 Å². The second kappa shape index (κ2) is 8.48. The molecule has 2 rings (SSSR count). The number of aromatic nitrogens is 1. The van der Waals surface area contributed by atoms with Gasteiger partial charge in [0.05, 0.1) is 6.54 Å². The zero-order valence-corrected chi connectivity index (χ0v) is 13.0. The Balaban J connectivity index is 1.71. The van der Waals surface area contributed by atoms with Crippen LogP contribution in [0.15, 0.2) is 24.4 Å². The average Bonchev–Trinajstić information content (AvgIpc) is 2.58. The molecule has 0 radical (unpaired) electrons. The minimum atomic E-state index is -0.309. The number of nitrogens with one attached hydrogen (secondary N) is 2. The maximum absolute atomic E-state index is 12.1. The number of amides is 2. The van der Waals surface area contributed by atoms with E-state index in [-0.39, 0.29) is 18.4 Å². The molecule has 0 aromatic carbocycles. The normalized spacial score (nSPS) is 15.6. The highest BCUT2D eigenvalue weighted by Crippen LogP contribution is 2.16. The van der Waals surface area contributed by atoms with E-state index in [0.717, 1.165) is 39.0 Å². The maximum Gasteiger partial charge on any atom is 0.270 e. The Morgan fingerprint density at radius 1 is 1.32 bits per heavy atom. The molecular formula is C16H24N4O2. The van der Waals surface area contributed by atoms with Gasteiger partial charge in [0, 0.05) is 19.3 Å². The Bertz CT molecular complexity index is 484. The van der Waals surface area contributed by atoms with Crippen LogP contribution in [0.4, 0.5) is 0 Å². The molecule has 120 valence electrons. The largest absolute Gasteiger partial charge is 0.342 e. The van der Waals surface area contributed by atoms with Crippen LogP contribution in [0, 0.1) is 5.92 Å². The molecule has 6 heteroatoms. The van der Waals surface area contributed by atoms with E-state index >= 15 is 0 Å². The van der Waals surface area contributed by atoms with Crippen molar-refractivity contribution in [2.75, 3.05) is 32.7 Å². The highest BCUT2D eigenvalue weighted by Gasteiger charge is 2.22.